The number of benzene rings is 3. The van der Waals surface area contributed by atoms with Crippen molar-refractivity contribution in [3.05, 3.63) is 87.9 Å². The molecule has 10 heteroatoms. The maximum atomic E-state index is 13.5. The highest BCUT2D eigenvalue weighted by Crippen LogP contribution is 2.43. The number of rotatable bonds is 5. The van der Waals surface area contributed by atoms with Gasteiger partial charge in [-0.3, -0.25) is 9.59 Å². The van der Waals surface area contributed by atoms with Crippen molar-refractivity contribution in [2.75, 3.05) is 11.4 Å². The van der Waals surface area contributed by atoms with Crippen LogP contribution in [-0.4, -0.2) is 18.4 Å². The number of anilines is 1. The normalized spacial score (nSPS) is 15.7. The summed E-state index contributed by atoms with van der Waals surface area (Å²) in [4.78, 5) is 25.7. The van der Waals surface area contributed by atoms with E-state index in [0.717, 1.165) is 12.1 Å². The van der Waals surface area contributed by atoms with Gasteiger partial charge in [-0.2, -0.15) is 18.4 Å². The van der Waals surface area contributed by atoms with Crippen LogP contribution >= 0.6 is 11.6 Å². The molecule has 4 rings (SSSR count). The Labute approximate surface area is 203 Å². The average molecular weight is 500 g/mol. The number of carbonyl (C=O) groups is 2. The van der Waals surface area contributed by atoms with Gasteiger partial charge in [0.2, 0.25) is 11.8 Å². The molecule has 1 atom stereocenters. The average Bonchev–Trinajstić information content (AvgIpc) is 3.21. The molecule has 3 aromatic rings. The largest absolute Gasteiger partial charge is 0.454 e. The molecule has 0 radical (unpaired) electrons. The first-order valence-electron chi connectivity index (χ1n) is 10.4. The highest BCUT2D eigenvalue weighted by atomic mass is 35.5. The van der Waals surface area contributed by atoms with Crippen LogP contribution in [0.4, 0.5) is 18.9 Å². The first-order valence-corrected chi connectivity index (χ1v) is 10.7. The number of halogens is 4. The predicted molar refractivity (Wildman–Crippen MR) is 122 cm³/mol. The number of nitrogens with two attached hydrogens (primary N) is 1. The summed E-state index contributed by atoms with van der Waals surface area (Å²) < 4.78 is 46.1. The number of hydrogen-bond donors (Lipinski definition) is 1. The molecular formula is C25H17ClF3N3O3. The lowest BCUT2D eigenvalue weighted by Crippen LogP contribution is -2.24. The van der Waals surface area contributed by atoms with Crippen LogP contribution in [0.2, 0.25) is 5.02 Å². The maximum absolute atomic E-state index is 13.5. The molecule has 2 amide bonds. The van der Waals surface area contributed by atoms with E-state index in [2.05, 4.69) is 0 Å². The van der Waals surface area contributed by atoms with Gasteiger partial charge in [-0.15, -0.1) is 0 Å². The number of para-hydroxylation sites is 1. The van der Waals surface area contributed by atoms with Crippen LogP contribution in [0.1, 0.15) is 39.4 Å². The lowest BCUT2D eigenvalue weighted by molar-refractivity contribution is -0.138. The maximum Gasteiger partial charge on any atom is 0.420 e. The van der Waals surface area contributed by atoms with Crippen LogP contribution < -0.4 is 15.4 Å². The van der Waals surface area contributed by atoms with Gasteiger partial charge in [0, 0.05) is 30.1 Å². The highest BCUT2D eigenvalue weighted by Gasteiger charge is 2.36. The van der Waals surface area contributed by atoms with E-state index < -0.39 is 23.4 Å². The van der Waals surface area contributed by atoms with Crippen molar-refractivity contribution in [2.45, 2.75) is 18.5 Å². The molecular weight excluding hydrogens is 483 g/mol. The molecule has 35 heavy (non-hydrogen) atoms. The van der Waals surface area contributed by atoms with Crippen LogP contribution in [-0.2, 0) is 11.0 Å². The molecule has 1 aliphatic heterocycles. The predicted octanol–water partition coefficient (Wildman–Crippen LogP) is 5.64. The molecule has 6 nitrogen and oxygen atoms in total. The van der Waals surface area contributed by atoms with E-state index in [-0.39, 0.29) is 46.7 Å². The molecule has 0 unspecified atom stereocenters. The van der Waals surface area contributed by atoms with Crippen molar-refractivity contribution in [3.8, 4) is 17.6 Å². The molecule has 0 spiro atoms. The molecule has 0 aromatic heterocycles. The van der Waals surface area contributed by atoms with Crippen LogP contribution in [0.3, 0.4) is 0 Å². The standard InChI is InChI=1S/C25H17ClF3N3O3/c26-20-8-7-14(10-21(20)35-23-16(12-30)4-2-6-19(23)25(27,28)29)17-11-22(33)32(13-17)18-5-1-3-15(9-18)24(31)34/h1-10,17H,11,13H2,(H2,31,34)/t17-/m0/s1. The van der Waals surface area contributed by atoms with E-state index >= 15 is 0 Å². The Balaban J connectivity index is 1.65. The number of hydrogen-bond acceptors (Lipinski definition) is 4. The summed E-state index contributed by atoms with van der Waals surface area (Å²) in [6, 6.07) is 15.8. The molecule has 0 bridgehead atoms. The van der Waals surface area contributed by atoms with Crippen LogP contribution in [0, 0.1) is 11.3 Å². The Morgan fingerprint density at radius 1 is 1.14 bits per heavy atom. The molecule has 0 saturated carbocycles. The Morgan fingerprint density at radius 3 is 2.57 bits per heavy atom. The zero-order valence-electron chi connectivity index (χ0n) is 18.0. The van der Waals surface area contributed by atoms with Gasteiger partial charge >= 0.3 is 6.18 Å². The van der Waals surface area contributed by atoms with Gasteiger partial charge in [0.15, 0.2) is 5.75 Å². The molecule has 1 heterocycles. The Morgan fingerprint density at radius 2 is 1.89 bits per heavy atom. The topological polar surface area (TPSA) is 96.4 Å². The Hall–Kier alpha value is -4.03. The van der Waals surface area contributed by atoms with Gasteiger partial charge in [-0.1, -0.05) is 29.8 Å². The van der Waals surface area contributed by atoms with Crippen LogP contribution in [0.25, 0.3) is 0 Å². The fourth-order valence-electron chi connectivity index (χ4n) is 3.93. The minimum atomic E-state index is -4.75. The van der Waals surface area contributed by atoms with E-state index in [1.165, 1.54) is 29.2 Å². The van der Waals surface area contributed by atoms with Crippen molar-refractivity contribution in [1.82, 2.24) is 0 Å². The number of alkyl halides is 3. The fraction of sp³-hybridized carbons (Fsp3) is 0.160. The SMILES string of the molecule is N#Cc1cccc(C(F)(F)F)c1Oc1cc([C@H]2CC(=O)N(c3cccc(C(N)=O)c3)C2)ccc1Cl. The van der Waals surface area contributed by atoms with E-state index in [1.807, 2.05) is 0 Å². The van der Waals surface area contributed by atoms with Gasteiger partial charge in [0.25, 0.3) is 0 Å². The quantitative estimate of drug-likeness (QED) is 0.491. The number of ether oxygens (including phenoxy) is 1. The first-order chi connectivity index (χ1) is 16.6. The van der Waals surface area contributed by atoms with Crippen molar-refractivity contribution in [2.24, 2.45) is 5.73 Å². The number of carbonyl (C=O) groups excluding carboxylic acids is 2. The molecule has 0 aliphatic carbocycles. The van der Waals surface area contributed by atoms with Crippen molar-refractivity contribution in [1.29, 1.82) is 5.26 Å². The molecule has 1 fully saturated rings. The Kier molecular flexibility index (Phi) is 6.41. The van der Waals surface area contributed by atoms with Gasteiger partial charge in [-0.05, 0) is 48.0 Å². The third kappa shape index (κ3) is 4.93. The lowest BCUT2D eigenvalue weighted by Gasteiger charge is -2.19. The molecule has 2 N–H and O–H groups in total. The lowest BCUT2D eigenvalue weighted by atomic mass is 9.98. The van der Waals surface area contributed by atoms with Crippen LogP contribution in [0.5, 0.6) is 11.5 Å². The zero-order chi connectivity index (χ0) is 25.3. The van der Waals surface area contributed by atoms with Gasteiger partial charge in [-0.25, -0.2) is 0 Å². The third-order valence-corrected chi connectivity index (χ3v) is 5.96. The Bertz CT molecular complexity index is 1370. The monoisotopic (exact) mass is 499 g/mol. The van der Waals surface area contributed by atoms with Gasteiger partial charge in [0.05, 0.1) is 16.1 Å². The van der Waals surface area contributed by atoms with E-state index in [1.54, 1.807) is 30.3 Å². The van der Waals surface area contributed by atoms with Crippen LogP contribution in [0.15, 0.2) is 60.7 Å². The van der Waals surface area contributed by atoms with E-state index in [9.17, 15) is 28.0 Å². The summed E-state index contributed by atoms with van der Waals surface area (Å²) in [5, 5.41) is 9.35. The number of amides is 2. The summed E-state index contributed by atoms with van der Waals surface area (Å²) in [7, 11) is 0. The third-order valence-electron chi connectivity index (χ3n) is 5.65. The van der Waals surface area contributed by atoms with Gasteiger partial charge < -0.3 is 15.4 Å². The second kappa shape index (κ2) is 9.31. The number of nitrogens with zero attached hydrogens (tertiary/aromatic N) is 2. The highest BCUT2D eigenvalue weighted by molar-refractivity contribution is 6.32. The fourth-order valence-corrected chi connectivity index (χ4v) is 4.08. The number of nitriles is 1. The van der Waals surface area contributed by atoms with Crippen molar-refractivity contribution >= 4 is 29.1 Å². The van der Waals surface area contributed by atoms with Crippen molar-refractivity contribution in [3.63, 3.8) is 0 Å². The second-order valence-electron chi connectivity index (χ2n) is 7.90. The first kappa shape index (κ1) is 24.1. The minimum Gasteiger partial charge on any atom is -0.454 e. The zero-order valence-corrected chi connectivity index (χ0v) is 18.7. The summed E-state index contributed by atoms with van der Waals surface area (Å²) in [5.41, 5.74) is 5.32. The van der Waals surface area contributed by atoms with Crippen molar-refractivity contribution < 1.29 is 27.5 Å². The number of primary amides is 1. The summed E-state index contributed by atoms with van der Waals surface area (Å²) >= 11 is 6.20. The second-order valence-corrected chi connectivity index (χ2v) is 8.31. The minimum absolute atomic E-state index is 0.0463. The van der Waals surface area contributed by atoms with E-state index in [0.29, 0.717) is 11.3 Å². The summed E-state index contributed by atoms with van der Waals surface area (Å²) in [6.07, 6.45) is -4.62. The summed E-state index contributed by atoms with van der Waals surface area (Å²) in [5.74, 6) is -1.84. The molecule has 178 valence electrons. The molecule has 1 aliphatic rings. The smallest absolute Gasteiger partial charge is 0.420 e. The summed E-state index contributed by atoms with van der Waals surface area (Å²) in [6.45, 7) is 0.269. The van der Waals surface area contributed by atoms with E-state index in [4.69, 9.17) is 22.1 Å². The van der Waals surface area contributed by atoms with Gasteiger partial charge in [0.1, 0.15) is 11.8 Å². The molecule has 3 aromatic carbocycles. The molecule has 1 saturated heterocycles.